The van der Waals surface area contributed by atoms with E-state index in [1.165, 1.54) is 11.1 Å². The molecular weight excluding hydrogens is 384 g/mol. The van der Waals surface area contributed by atoms with Crippen molar-refractivity contribution in [2.45, 2.75) is 12.8 Å². The first-order chi connectivity index (χ1) is 14.6. The van der Waals surface area contributed by atoms with Crippen molar-refractivity contribution < 1.29 is 28.4 Å². The SMILES string of the molecule is COC[C@H](Cc1ccc(OC)c(OC)c1)[C@@H](COC)Cc1ccc(OC)c(OC)c1. The van der Waals surface area contributed by atoms with Crippen LogP contribution in [-0.4, -0.2) is 55.9 Å². The van der Waals surface area contributed by atoms with Gasteiger partial charge in [-0.2, -0.15) is 0 Å². The van der Waals surface area contributed by atoms with Gasteiger partial charge in [-0.25, -0.2) is 0 Å². The highest BCUT2D eigenvalue weighted by molar-refractivity contribution is 5.44. The van der Waals surface area contributed by atoms with Crippen molar-refractivity contribution in [3.8, 4) is 23.0 Å². The number of rotatable bonds is 13. The molecule has 0 amide bonds. The lowest BCUT2D eigenvalue weighted by Crippen LogP contribution is -2.27. The Labute approximate surface area is 180 Å². The van der Waals surface area contributed by atoms with Crippen molar-refractivity contribution in [3.05, 3.63) is 47.5 Å². The Bertz CT molecular complexity index is 711. The van der Waals surface area contributed by atoms with E-state index in [1.54, 1.807) is 42.7 Å². The smallest absolute Gasteiger partial charge is 0.160 e. The number of hydrogen-bond acceptors (Lipinski definition) is 6. The number of hydrogen-bond donors (Lipinski definition) is 0. The number of benzene rings is 2. The van der Waals surface area contributed by atoms with Crippen LogP contribution in [0.1, 0.15) is 11.1 Å². The van der Waals surface area contributed by atoms with Crippen molar-refractivity contribution in [2.75, 3.05) is 55.9 Å². The third-order valence-electron chi connectivity index (χ3n) is 5.32. The summed E-state index contributed by atoms with van der Waals surface area (Å²) in [6.07, 6.45) is 1.69. The number of methoxy groups -OCH3 is 6. The Balaban J connectivity index is 2.25. The zero-order valence-corrected chi connectivity index (χ0v) is 18.9. The summed E-state index contributed by atoms with van der Waals surface area (Å²) in [5.41, 5.74) is 2.34. The lowest BCUT2D eigenvalue weighted by atomic mass is 9.83. The summed E-state index contributed by atoms with van der Waals surface area (Å²) in [6.45, 7) is 1.27. The third kappa shape index (κ3) is 6.28. The first-order valence-corrected chi connectivity index (χ1v) is 9.99. The van der Waals surface area contributed by atoms with Crippen molar-refractivity contribution in [1.82, 2.24) is 0 Å². The molecule has 2 aromatic carbocycles. The fourth-order valence-electron chi connectivity index (χ4n) is 3.77. The summed E-state index contributed by atoms with van der Waals surface area (Å²) < 4.78 is 32.8. The predicted molar refractivity (Wildman–Crippen MR) is 117 cm³/mol. The highest BCUT2D eigenvalue weighted by Gasteiger charge is 2.24. The van der Waals surface area contributed by atoms with Gasteiger partial charge < -0.3 is 28.4 Å². The molecule has 2 rings (SSSR count). The summed E-state index contributed by atoms with van der Waals surface area (Å²) in [5, 5.41) is 0. The minimum absolute atomic E-state index is 0.265. The fraction of sp³-hybridized carbons (Fsp3) is 0.500. The lowest BCUT2D eigenvalue weighted by molar-refractivity contribution is 0.0697. The molecule has 6 nitrogen and oxygen atoms in total. The van der Waals surface area contributed by atoms with E-state index in [0.29, 0.717) is 13.2 Å². The largest absolute Gasteiger partial charge is 0.493 e. The quantitative estimate of drug-likeness (QED) is 0.490. The Morgan fingerprint density at radius 1 is 0.533 bits per heavy atom. The standard InChI is InChI=1S/C24H34O6/c1-25-15-19(11-17-7-9-21(27-3)23(13-17)29-5)20(16-26-2)12-18-8-10-22(28-4)24(14-18)30-6/h7-10,13-14,19-20H,11-12,15-16H2,1-6H3/t19-,20+. The van der Waals surface area contributed by atoms with Crippen molar-refractivity contribution >= 4 is 0 Å². The Morgan fingerprint density at radius 3 is 1.20 bits per heavy atom. The summed E-state index contributed by atoms with van der Waals surface area (Å²) in [6, 6.07) is 12.1. The fourth-order valence-corrected chi connectivity index (χ4v) is 3.77. The maximum absolute atomic E-state index is 5.57. The van der Waals surface area contributed by atoms with Gasteiger partial charge in [0.15, 0.2) is 23.0 Å². The molecule has 166 valence electrons. The zero-order chi connectivity index (χ0) is 21.9. The van der Waals surface area contributed by atoms with E-state index in [-0.39, 0.29) is 11.8 Å². The van der Waals surface area contributed by atoms with Crippen LogP contribution >= 0.6 is 0 Å². The molecule has 6 heteroatoms. The summed E-state index contributed by atoms with van der Waals surface area (Å²) in [4.78, 5) is 0. The van der Waals surface area contributed by atoms with Gasteiger partial charge in [-0.15, -0.1) is 0 Å². The molecule has 0 N–H and O–H groups in total. The molecule has 0 heterocycles. The maximum Gasteiger partial charge on any atom is 0.160 e. The van der Waals surface area contributed by atoms with Gasteiger partial charge >= 0.3 is 0 Å². The molecular formula is C24H34O6. The highest BCUT2D eigenvalue weighted by Crippen LogP contribution is 2.32. The van der Waals surface area contributed by atoms with Crippen LogP contribution in [0.15, 0.2) is 36.4 Å². The first kappa shape index (κ1) is 23.8. The average molecular weight is 419 g/mol. The molecule has 2 aromatic rings. The second-order valence-corrected chi connectivity index (χ2v) is 7.22. The summed E-state index contributed by atoms with van der Waals surface area (Å²) in [7, 11) is 10.1. The molecule has 0 unspecified atom stereocenters. The van der Waals surface area contributed by atoms with Gasteiger partial charge in [0, 0.05) is 27.4 Å². The normalized spacial score (nSPS) is 12.9. The maximum atomic E-state index is 5.57. The molecule has 0 radical (unpaired) electrons. The molecule has 0 aliphatic heterocycles. The van der Waals surface area contributed by atoms with E-state index in [9.17, 15) is 0 Å². The van der Waals surface area contributed by atoms with Crippen LogP contribution in [0.3, 0.4) is 0 Å². The van der Waals surface area contributed by atoms with Crippen LogP contribution < -0.4 is 18.9 Å². The van der Waals surface area contributed by atoms with Crippen molar-refractivity contribution in [3.63, 3.8) is 0 Å². The van der Waals surface area contributed by atoms with Gasteiger partial charge in [0.2, 0.25) is 0 Å². The second kappa shape index (κ2) is 12.3. The highest BCUT2D eigenvalue weighted by atomic mass is 16.5. The Morgan fingerprint density at radius 2 is 0.900 bits per heavy atom. The minimum atomic E-state index is 0.265. The number of ether oxygens (including phenoxy) is 6. The van der Waals surface area contributed by atoms with Crippen LogP contribution in [0.2, 0.25) is 0 Å². The molecule has 0 saturated carbocycles. The van der Waals surface area contributed by atoms with E-state index in [4.69, 9.17) is 28.4 Å². The molecule has 0 aliphatic rings. The molecule has 0 aromatic heterocycles. The zero-order valence-electron chi connectivity index (χ0n) is 18.9. The predicted octanol–water partition coefficient (Wildman–Crippen LogP) is 4.03. The van der Waals surface area contributed by atoms with Crippen LogP contribution in [-0.2, 0) is 22.3 Å². The monoisotopic (exact) mass is 418 g/mol. The minimum Gasteiger partial charge on any atom is -0.493 e. The summed E-state index contributed by atoms with van der Waals surface area (Å²) >= 11 is 0. The van der Waals surface area contributed by atoms with Gasteiger partial charge in [-0.3, -0.25) is 0 Å². The van der Waals surface area contributed by atoms with Gasteiger partial charge in [0.1, 0.15) is 0 Å². The van der Waals surface area contributed by atoms with Gasteiger partial charge in [-0.1, -0.05) is 12.1 Å². The van der Waals surface area contributed by atoms with Crippen LogP contribution in [0.5, 0.6) is 23.0 Å². The van der Waals surface area contributed by atoms with Crippen LogP contribution in [0.4, 0.5) is 0 Å². The van der Waals surface area contributed by atoms with E-state index in [0.717, 1.165) is 35.8 Å². The molecule has 0 bridgehead atoms. The molecule has 2 atom stereocenters. The summed E-state index contributed by atoms with van der Waals surface area (Å²) in [5.74, 6) is 3.44. The van der Waals surface area contributed by atoms with E-state index >= 15 is 0 Å². The van der Waals surface area contributed by atoms with Gasteiger partial charge in [0.25, 0.3) is 0 Å². The molecule has 30 heavy (non-hydrogen) atoms. The molecule has 0 saturated heterocycles. The van der Waals surface area contributed by atoms with Crippen molar-refractivity contribution in [2.24, 2.45) is 11.8 Å². The Hall–Kier alpha value is -2.44. The van der Waals surface area contributed by atoms with E-state index < -0.39 is 0 Å². The second-order valence-electron chi connectivity index (χ2n) is 7.22. The van der Waals surface area contributed by atoms with Crippen LogP contribution in [0, 0.1) is 11.8 Å². The topological polar surface area (TPSA) is 55.4 Å². The first-order valence-electron chi connectivity index (χ1n) is 9.99. The molecule has 0 aliphatic carbocycles. The van der Waals surface area contributed by atoms with E-state index in [1.807, 2.05) is 24.3 Å². The van der Waals surface area contributed by atoms with E-state index in [2.05, 4.69) is 12.1 Å². The van der Waals surface area contributed by atoms with Gasteiger partial charge in [-0.05, 0) is 60.1 Å². The average Bonchev–Trinajstić information content (AvgIpc) is 2.78. The van der Waals surface area contributed by atoms with Gasteiger partial charge in [0.05, 0.1) is 28.4 Å². The molecule has 0 spiro atoms. The van der Waals surface area contributed by atoms with Crippen LogP contribution in [0.25, 0.3) is 0 Å². The molecule has 0 fully saturated rings. The lowest BCUT2D eigenvalue weighted by Gasteiger charge is -2.27. The van der Waals surface area contributed by atoms with Crippen molar-refractivity contribution in [1.29, 1.82) is 0 Å². The Kier molecular flexibility index (Phi) is 9.77. The third-order valence-corrected chi connectivity index (χ3v) is 5.32.